The maximum absolute atomic E-state index is 11.3. The second-order valence-electron chi connectivity index (χ2n) is 6.02. The van der Waals surface area contributed by atoms with Crippen molar-refractivity contribution in [3.05, 3.63) is 0 Å². The van der Waals surface area contributed by atoms with Gasteiger partial charge in [0.15, 0.2) is 0 Å². The van der Waals surface area contributed by atoms with E-state index in [4.69, 9.17) is 5.73 Å². The normalized spacial score (nSPS) is 44.3. The number of alkyl halides is 1. The molecule has 4 atom stereocenters. The number of carbonyl (C=O) groups is 1. The van der Waals surface area contributed by atoms with E-state index in [1.54, 1.807) is 0 Å². The number of carbonyl (C=O) groups excluding carboxylic acids is 1. The maximum atomic E-state index is 11.3. The predicted octanol–water partition coefficient (Wildman–Crippen LogP) is 2.70. The zero-order valence-corrected chi connectivity index (χ0v) is 11.3. The molecule has 0 saturated heterocycles. The number of hydrogen-bond donors (Lipinski definition) is 1. The lowest BCUT2D eigenvalue weighted by atomic mass is 9.66. The van der Waals surface area contributed by atoms with Crippen molar-refractivity contribution < 1.29 is 4.79 Å². The van der Waals surface area contributed by atoms with Gasteiger partial charge in [0.2, 0.25) is 5.91 Å². The molecule has 0 radical (unpaired) electrons. The zero-order chi connectivity index (χ0) is 11.4. The number of nitrogens with two attached hydrogens (primary N) is 1. The van der Waals surface area contributed by atoms with Gasteiger partial charge >= 0.3 is 0 Å². The molecule has 0 aliphatic heterocycles. The van der Waals surface area contributed by atoms with Crippen molar-refractivity contribution in [1.29, 1.82) is 0 Å². The van der Waals surface area contributed by atoms with Crippen molar-refractivity contribution in [2.75, 3.05) is 0 Å². The predicted molar refractivity (Wildman–Crippen MR) is 64.6 cm³/mol. The lowest BCUT2D eigenvalue weighted by Crippen LogP contribution is -2.41. The van der Waals surface area contributed by atoms with Gasteiger partial charge in [0.1, 0.15) is 0 Å². The Labute approximate surface area is 100 Å². The van der Waals surface area contributed by atoms with E-state index in [1.165, 1.54) is 12.8 Å². The molecule has 0 heterocycles. The summed E-state index contributed by atoms with van der Waals surface area (Å²) in [4.78, 5) is 11.1. The van der Waals surface area contributed by atoms with Crippen molar-refractivity contribution in [2.45, 2.75) is 44.9 Å². The second-order valence-corrected chi connectivity index (χ2v) is 7.01. The summed E-state index contributed by atoms with van der Waals surface area (Å²) < 4.78 is 0. The van der Waals surface area contributed by atoms with Gasteiger partial charge in [-0.15, -0.1) is 0 Å². The molecule has 86 valence electrons. The van der Waals surface area contributed by atoms with Gasteiger partial charge in [-0.05, 0) is 41.9 Å². The van der Waals surface area contributed by atoms with Gasteiger partial charge in [0.05, 0.1) is 4.83 Å². The summed E-state index contributed by atoms with van der Waals surface area (Å²) in [7, 11) is 0. The van der Waals surface area contributed by atoms with Crippen LogP contribution in [0, 0.1) is 22.7 Å². The maximum Gasteiger partial charge on any atom is 0.231 e. The molecular weight excluding hydrogens is 254 g/mol. The number of primary amides is 1. The Hall–Kier alpha value is -0.0500. The van der Waals surface area contributed by atoms with Crippen molar-refractivity contribution in [1.82, 2.24) is 0 Å². The average Bonchev–Trinajstić information content (AvgIpc) is 2.47. The van der Waals surface area contributed by atoms with Crippen LogP contribution in [0.1, 0.15) is 40.0 Å². The van der Waals surface area contributed by atoms with E-state index in [2.05, 4.69) is 36.7 Å². The number of amides is 1. The van der Waals surface area contributed by atoms with E-state index in [-0.39, 0.29) is 16.1 Å². The zero-order valence-electron chi connectivity index (χ0n) is 9.72. The Balaban J connectivity index is 2.30. The first-order valence-corrected chi connectivity index (χ1v) is 6.65. The van der Waals surface area contributed by atoms with Gasteiger partial charge in [-0.3, -0.25) is 4.79 Å². The van der Waals surface area contributed by atoms with Crippen molar-refractivity contribution in [3.8, 4) is 0 Å². The number of fused-ring (bicyclic) bond motifs is 2. The van der Waals surface area contributed by atoms with Crippen LogP contribution < -0.4 is 5.73 Å². The van der Waals surface area contributed by atoms with Gasteiger partial charge in [-0.1, -0.05) is 36.7 Å². The van der Waals surface area contributed by atoms with Crippen LogP contribution in [0.3, 0.4) is 0 Å². The number of hydrogen-bond acceptors (Lipinski definition) is 1. The summed E-state index contributed by atoms with van der Waals surface area (Å²) in [5.74, 6) is 0.986. The third kappa shape index (κ3) is 1.31. The molecule has 0 aromatic carbocycles. The minimum atomic E-state index is -0.204. The van der Waals surface area contributed by atoms with Crippen LogP contribution in [-0.4, -0.2) is 10.7 Å². The van der Waals surface area contributed by atoms with Gasteiger partial charge in [0.25, 0.3) is 0 Å². The van der Waals surface area contributed by atoms with E-state index in [1.807, 2.05) is 0 Å². The highest BCUT2D eigenvalue weighted by atomic mass is 79.9. The fourth-order valence-corrected chi connectivity index (χ4v) is 4.71. The Kier molecular flexibility index (Phi) is 2.46. The van der Waals surface area contributed by atoms with Crippen molar-refractivity contribution >= 4 is 21.8 Å². The van der Waals surface area contributed by atoms with Crippen LogP contribution in [0.25, 0.3) is 0 Å². The monoisotopic (exact) mass is 273 g/mol. The minimum Gasteiger partial charge on any atom is -0.369 e. The molecule has 15 heavy (non-hydrogen) atoms. The molecule has 2 fully saturated rings. The highest BCUT2D eigenvalue weighted by molar-refractivity contribution is 9.10. The number of rotatable bonds is 2. The molecule has 2 nitrogen and oxygen atoms in total. The molecule has 1 amide bonds. The van der Waals surface area contributed by atoms with E-state index < -0.39 is 0 Å². The van der Waals surface area contributed by atoms with Crippen LogP contribution in [0.15, 0.2) is 0 Å². The summed E-state index contributed by atoms with van der Waals surface area (Å²) in [6, 6.07) is 0. The SMILES string of the molecule is CC1(C)C2CCC1(C)C([C@@H](Br)C(N)=O)C2. The molecule has 2 N–H and O–H groups in total. The van der Waals surface area contributed by atoms with Crippen LogP contribution in [0.5, 0.6) is 0 Å². The summed E-state index contributed by atoms with van der Waals surface area (Å²) in [5.41, 5.74) is 6.05. The van der Waals surface area contributed by atoms with Crippen LogP contribution in [-0.2, 0) is 4.79 Å². The summed E-state index contributed by atoms with van der Waals surface area (Å²) in [6.07, 6.45) is 3.71. The Morgan fingerprint density at radius 3 is 2.40 bits per heavy atom. The van der Waals surface area contributed by atoms with Crippen molar-refractivity contribution in [3.63, 3.8) is 0 Å². The summed E-state index contributed by atoms with van der Waals surface area (Å²) in [5, 5.41) is 0. The lowest BCUT2D eigenvalue weighted by Gasteiger charge is -2.40. The third-order valence-electron chi connectivity index (χ3n) is 5.49. The standard InChI is InChI=1S/C12H20BrNO/c1-11(2)7-4-5-12(11,3)8(6-7)9(13)10(14)15/h7-9H,4-6H2,1-3H3,(H2,14,15)/t7?,8?,9-,12?/m1/s1. The average molecular weight is 274 g/mol. The van der Waals surface area contributed by atoms with Gasteiger partial charge < -0.3 is 5.73 Å². The third-order valence-corrected chi connectivity index (χ3v) is 6.58. The number of halogens is 1. The lowest BCUT2D eigenvalue weighted by molar-refractivity contribution is -0.119. The van der Waals surface area contributed by atoms with Gasteiger partial charge in [-0.25, -0.2) is 0 Å². The molecule has 3 heteroatoms. The van der Waals surface area contributed by atoms with E-state index >= 15 is 0 Å². The molecule has 0 spiro atoms. The topological polar surface area (TPSA) is 43.1 Å². The Morgan fingerprint density at radius 1 is 1.47 bits per heavy atom. The van der Waals surface area contributed by atoms with Crippen LogP contribution >= 0.6 is 15.9 Å². The summed E-state index contributed by atoms with van der Waals surface area (Å²) >= 11 is 3.48. The molecule has 2 bridgehead atoms. The van der Waals surface area contributed by atoms with Gasteiger partial charge in [0, 0.05) is 0 Å². The first-order valence-electron chi connectivity index (χ1n) is 5.74. The Bertz CT molecular complexity index is 302. The van der Waals surface area contributed by atoms with Crippen LogP contribution in [0.4, 0.5) is 0 Å². The largest absolute Gasteiger partial charge is 0.369 e. The highest BCUT2D eigenvalue weighted by Gasteiger charge is 2.62. The molecule has 2 saturated carbocycles. The quantitative estimate of drug-likeness (QED) is 0.773. The molecule has 0 aromatic rings. The fourth-order valence-electron chi connectivity index (χ4n) is 3.91. The molecule has 0 aromatic heterocycles. The van der Waals surface area contributed by atoms with E-state index in [0.29, 0.717) is 11.3 Å². The summed E-state index contributed by atoms with van der Waals surface area (Å²) in [6.45, 7) is 7.04. The Morgan fingerprint density at radius 2 is 2.07 bits per heavy atom. The molecule has 2 aliphatic rings. The van der Waals surface area contributed by atoms with Crippen molar-refractivity contribution in [2.24, 2.45) is 28.4 Å². The van der Waals surface area contributed by atoms with E-state index in [0.717, 1.165) is 12.3 Å². The second kappa shape index (κ2) is 3.22. The first kappa shape index (κ1) is 11.4. The van der Waals surface area contributed by atoms with Crippen LogP contribution in [0.2, 0.25) is 0 Å². The highest BCUT2D eigenvalue weighted by Crippen LogP contribution is 2.69. The smallest absolute Gasteiger partial charge is 0.231 e. The molecule has 3 unspecified atom stereocenters. The molecule has 2 rings (SSSR count). The fraction of sp³-hybridized carbons (Fsp3) is 0.917. The van der Waals surface area contributed by atoms with Gasteiger partial charge in [-0.2, -0.15) is 0 Å². The molecular formula is C12H20BrNO. The minimum absolute atomic E-state index is 0.146. The van der Waals surface area contributed by atoms with E-state index in [9.17, 15) is 4.79 Å². The first-order chi connectivity index (χ1) is 6.80. The molecule has 2 aliphatic carbocycles.